The molecule has 3 heteroatoms. The molecule has 0 aliphatic carbocycles. The van der Waals surface area contributed by atoms with E-state index in [1.165, 1.54) is 25.1 Å². The molecule has 1 aromatic rings. The van der Waals surface area contributed by atoms with E-state index in [1.54, 1.807) is 0 Å². The van der Waals surface area contributed by atoms with E-state index in [0.717, 1.165) is 0 Å². The van der Waals surface area contributed by atoms with E-state index in [0.29, 0.717) is 5.69 Å². The minimum atomic E-state index is -0.807. The molecule has 0 amide bonds. The molecule has 0 unspecified atom stereocenters. The monoisotopic (exact) mass is 155 g/mol. The highest BCUT2D eigenvalue weighted by Gasteiger charge is 2.06. The maximum Gasteiger partial charge on any atom is 0.129 e. The molecule has 0 heterocycles. The molecule has 11 heavy (non-hydrogen) atoms. The number of rotatable bonds is 1. The van der Waals surface area contributed by atoms with Crippen LogP contribution in [-0.2, 0) is 0 Å². The molecule has 3 N–H and O–H groups in total. The number of benzene rings is 1. The van der Waals surface area contributed by atoms with E-state index in [9.17, 15) is 4.39 Å². The highest BCUT2D eigenvalue weighted by atomic mass is 19.1. The Bertz CT molecular complexity index is 260. The molecule has 0 saturated carbocycles. The molecular weight excluding hydrogens is 145 g/mol. The normalized spacial score (nSPS) is 13.0. The Kier molecular flexibility index (Phi) is 2.10. The van der Waals surface area contributed by atoms with E-state index in [2.05, 4.69) is 0 Å². The summed E-state index contributed by atoms with van der Waals surface area (Å²) in [5.74, 6) is -0.422. The average molecular weight is 155 g/mol. The summed E-state index contributed by atoms with van der Waals surface area (Å²) in [4.78, 5) is 0. The Balaban J connectivity index is 3.13. The van der Waals surface area contributed by atoms with Crippen LogP contribution in [-0.4, -0.2) is 5.11 Å². The number of nitrogen functional groups attached to an aromatic ring is 1. The fourth-order valence-corrected chi connectivity index (χ4v) is 0.882. The largest absolute Gasteiger partial charge is 0.399 e. The van der Waals surface area contributed by atoms with E-state index in [1.807, 2.05) is 0 Å². The van der Waals surface area contributed by atoms with Crippen molar-refractivity contribution in [1.29, 1.82) is 0 Å². The van der Waals surface area contributed by atoms with Crippen LogP contribution in [0.5, 0.6) is 0 Å². The molecule has 0 aromatic heterocycles. The molecule has 0 saturated heterocycles. The fourth-order valence-electron chi connectivity index (χ4n) is 0.882. The van der Waals surface area contributed by atoms with Gasteiger partial charge in [0.2, 0.25) is 0 Å². The maximum absolute atomic E-state index is 12.8. The van der Waals surface area contributed by atoms with Crippen molar-refractivity contribution < 1.29 is 9.50 Å². The van der Waals surface area contributed by atoms with Gasteiger partial charge in [0.15, 0.2) is 0 Å². The second kappa shape index (κ2) is 2.88. The lowest BCUT2D eigenvalue weighted by Crippen LogP contribution is -1.97. The van der Waals surface area contributed by atoms with Crippen LogP contribution in [0.25, 0.3) is 0 Å². The van der Waals surface area contributed by atoms with Crippen LogP contribution in [0.3, 0.4) is 0 Å². The van der Waals surface area contributed by atoms with Crippen molar-refractivity contribution in [3.8, 4) is 0 Å². The van der Waals surface area contributed by atoms with Gasteiger partial charge in [-0.15, -0.1) is 0 Å². The van der Waals surface area contributed by atoms with Crippen LogP contribution in [0.15, 0.2) is 18.2 Å². The van der Waals surface area contributed by atoms with Crippen molar-refractivity contribution in [3.63, 3.8) is 0 Å². The minimum absolute atomic E-state index is 0.241. The van der Waals surface area contributed by atoms with E-state index in [4.69, 9.17) is 10.8 Å². The van der Waals surface area contributed by atoms with Gasteiger partial charge in [0.05, 0.1) is 6.10 Å². The third kappa shape index (κ3) is 1.68. The second-order valence-corrected chi connectivity index (χ2v) is 2.46. The zero-order valence-electron chi connectivity index (χ0n) is 6.21. The van der Waals surface area contributed by atoms with Crippen LogP contribution in [0.1, 0.15) is 18.6 Å². The van der Waals surface area contributed by atoms with E-state index in [-0.39, 0.29) is 5.56 Å². The molecule has 1 atom stereocenters. The Morgan fingerprint density at radius 1 is 1.55 bits per heavy atom. The molecule has 0 bridgehead atoms. The predicted octanol–water partition coefficient (Wildman–Crippen LogP) is 1.46. The first-order valence-electron chi connectivity index (χ1n) is 3.34. The lowest BCUT2D eigenvalue weighted by molar-refractivity contribution is 0.194. The summed E-state index contributed by atoms with van der Waals surface area (Å²) in [6.07, 6.45) is -0.807. The van der Waals surface area contributed by atoms with Gasteiger partial charge in [-0.1, -0.05) is 0 Å². The Hall–Kier alpha value is -1.09. The van der Waals surface area contributed by atoms with Gasteiger partial charge in [0.1, 0.15) is 5.82 Å². The molecule has 1 rings (SSSR count). The van der Waals surface area contributed by atoms with Gasteiger partial charge >= 0.3 is 0 Å². The Morgan fingerprint density at radius 2 is 2.18 bits per heavy atom. The van der Waals surface area contributed by atoms with Gasteiger partial charge in [-0.3, -0.25) is 0 Å². The molecule has 0 spiro atoms. The minimum Gasteiger partial charge on any atom is -0.399 e. The number of hydrogen-bond acceptors (Lipinski definition) is 2. The first-order valence-corrected chi connectivity index (χ1v) is 3.34. The van der Waals surface area contributed by atoms with Gasteiger partial charge in [0.25, 0.3) is 0 Å². The standard InChI is InChI=1S/C8H10FNO/c1-5(11)7-4-6(10)2-3-8(7)9/h2-5,11H,10H2,1H3/t5-/m0/s1. The summed E-state index contributed by atoms with van der Waals surface area (Å²) in [6, 6.07) is 4.14. The van der Waals surface area contributed by atoms with Crippen molar-refractivity contribution in [2.24, 2.45) is 0 Å². The summed E-state index contributed by atoms with van der Waals surface area (Å²) in [6.45, 7) is 1.50. The molecular formula is C8H10FNO. The third-order valence-corrected chi connectivity index (χ3v) is 1.47. The van der Waals surface area contributed by atoms with Gasteiger partial charge in [-0.25, -0.2) is 4.39 Å². The van der Waals surface area contributed by atoms with Crippen molar-refractivity contribution in [3.05, 3.63) is 29.6 Å². The second-order valence-electron chi connectivity index (χ2n) is 2.46. The molecule has 0 aliphatic heterocycles. The Labute approximate surface area is 64.5 Å². The van der Waals surface area contributed by atoms with Gasteiger partial charge in [0, 0.05) is 11.3 Å². The van der Waals surface area contributed by atoms with Gasteiger partial charge in [-0.05, 0) is 25.1 Å². The van der Waals surface area contributed by atoms with Crippen LogP contribution >= 0.6 is 0 Å². The summed E-state index contributed by atoms with van der Waals surface area (Å²) in [7, 11) is 0. The molecule has 60 valence electrons. The SMILES string of the molecule is C[C@H](O)c1cc(N)ccc1F. The van der Waals surface area contributed by atoms with Crippen molar-refractivity contribution in [2.75, 3.05) is 5.73 Å². The van der Waals surface area contributed by atoms with Crippen molar-refractivity contribution in [1.82, 2.24) is 0 Å². The van der Waals surface area contributed by atoms with Crippen LogP contribution in [0.2, 0.25) is 0 Å². The number of hydrogen-bond donors (Lipinski definition) is 2. The predicted molar refractivity (Wildman–Crippen MR) is 41.4 cm³/mol. The molecule has 0 fully saturated rings. The topological polar surface area (TPSA) is 46.2 Å². The summed E-state index contributed by atoms with van der Waals surface area (Å²) < 4.78 is 12.8. The maximum atomic E-state index is 12.8. The highest BCUT2D eigenvalue weighted by Crippen LogP contribution is 2.18. The molecule has 0 radical (unpaired) electrons. The number of aliphatic hydroxyl groups excluding tert-OH is 1. The highest BCUT2D eigenvalue weighted by molar-refractivity contribution is 5.41. The summed E-state index contributed by atoms with van der Waals surface area (Å²) >= 11 is 0. The third-order valence-electron chi connectivity index (χ3n) is 1.47. The van der Waals surface area contributed by atoms with E-state index < -0.39 is 11.9 Å². The van der Waals surface area contributed by atoms with Crippen LogP contribution in [0.4, 0.5) is 10.1 Å². The van der Waals surface area contributed by atoms with Gasteiger partial charge in [-0.2, -0.15) is 0 Å². The summed E-state index contributed by atoms with van der Waals surface area (Å²) in [5, 5.41) is 9.03. The zero-order valence-corrected chi connectivity index (χ0v) is 6.21. The fraction of sp³-hybridized carbons (Fsp3) is 0.250. The van der Waals surface area contributed by atoms with Crippen molar-refractivity contribution in [2.45, 2.75) is 13.0 Å². The lowest BCUT2D eigenvalue weighted by atomic mass is 10.1. The summed E-state index contributed by atoms with van der Waals surface area (Å²) in [5.41, 5.74) is 6.09. The smallest absolute Gasteiger partial charge is 0.129 e. The lowest BCUT2D eigenvalue weighted by Gasteiger charge is -2.05. The van der Waals surface area contributed by atoms with E-state index >= 15 is 0 Å². The number of anilines is 1. The average Bonchev–Trinajstić information content (AvgIpc) is 1.94. The Morgan fingerprint density at radius 3 is 2.64 bits per heavy atom. The molecule has 2 nitrogen and oxygen atoms in total. The molecule has 1 aromatic carbocycles. The van der Waals surface area contributed by atoms with Gasteiger partial charge < -0.3 is 10.8 Å². The number of halogens is 1. The van der Waals surface area contributed by atoms with Crippen LogP contribution < -0.4 is 5.73 Å². The first kappa shape index (κ1) is 8.01. The number of nitrogens with two attached hydrogens (primary N) is 1. The first-order chi connectivity index (χ1) is 5.11. The van der Waals surface area contributed by atoms with Crippen LogP contribution in [0, 0.1) is 5.82 Å². The quantitative estimate of drug-likeness (QED) is 0.603. The van der Waals surface area contributed by atoms with Crippen molar-refractivity contribution >= 4 is 5.69 Å². The molecule has 0 aliphatic rings. The number of aliphatic hydroxyl groups is 1. The zero-order chi connectivity index (χ0) is 8.43.